The summed E-state index contributed by atoms with van der Waals surface area (Å²) in [7, 11) is 0. The second kappa shape index (κ2) is 19.7. The fourth-order valence-corrected chi connectivity index (χ4v) is 1.64. The van der Waals surface area contributed by atoms with Gasteiger partial charge in [-0.25, -0.2) is 0 Å². The lowest BCUT2D eigenvalue weighted by Gasteiger charge is -2.07. The number of esters is 2. The molecule has 0 saturated carbocycles. The normalized spacial score (nSPS) is 13.2. The van der Waals surface area contributed by atoms with E-state index in [0.717, 1.165) is 38.5 Å². The van der Waals surface area contributed by atoms with Gasteiger partial charge in [0.1, 0.15) is 0 Å². The van der Waals surface area contributed by atoms with Crippen LogP contribution in [0.15, 0.2) is 24.3 Å². The lowest BCUT2D eigenvalue weighted by molar-refractivity contribution is -0.148. The average molecular weight is 369 g/mol. The third kappa shape index (κ3) is 17.2. The van der Waals surface area contributed by atoms with E-state index in [-0.39, 0.29) is 23.8 Å². The summed E-state index contributed by atoms with van der Waals surface area (Å²) in [5.41, 5.74) is 0. The van der Waals surface area contributed by atoms with Crippen molar-refractivity contribution in [3.05, 3.63) is 24.3 Å². The van der Waals surface area contributed by atoms with Crippen LogP contribution in [0.2, 0.25) is 0 Å². The zero-order valence-corrected chi connectivity index (χ0v) is 17.8. The van der Waals surface area contributed by atoms with Gasteiger partial charge in [0, 0.05) is 0 Å². The fraction of sp³-hybridized carbons (Fsp3) is 0.727. The summed E-state index contributed by atoms with van der Waals surface area (Å²) < 4.78 is 10.1. The first-order valence-corrected chi connectivity index (χ1v) is 10.1. The first-order valence-electron chi connectivity index (χ1n) is 10.1. The monoisotopic (exact) mass is 368 g/mol. The quantitative estimate of drug-likeness (QED) is 0.246. The molecule has 0 amide bonds. The van der Waals surface area contributed by atoms with Crippen LogP contribution in [0.5, 0.6) is 0 Å². The molecule has 2 atom stereocenters. The Balaban J connectivity index is 0. The topological polar surface area (TPSA) is 52.6 Å². The SMILES string of the molecule is CC/C=C\CCOC(=O)C(C)CC.CCC=CCCOC(=O)C(C)CC. The minimum Gasteiger partial charge on any atom is -0.465 e. The predicted molar refractivity (Wildman–Crippen MR) is 109 cm³/mol. The van der Waals surface area contributed by atoms with E-state index in [1.165, 1.54) is 0 Å². The maximum atomic E-state index is 11.2. The van der Waals surface area contributed by atoms with Crippen LogP contribution in [0.25, 0.3) is 0 Å². The largest absolute Gasteiger partial charge is 0.465 e. The van der Waals surface area contributed by atoms with Gasteiger partial charge < -0.3 is 9.47 Å². The van der Waals surface area contributed by atoms with Gasteiger partial charge in [0.05, 0.1) is 25.0 Å². The van der Waals surface area contributed by atoms with E-state index < -0.39 is 0 Å². The highest BCUT2D eigenvalue weighted by atomic mass is 16.5. The van der Waals surface area contributed by atoms with Crippen LogP contribution in [-0.2, 0) is 19.1 Å². The smallest absolute Gasteiger partial charge is 0.308 e. The Labute approximate surface area is 161 Å². The van der Waals surface area contributed by atoms with Gasteiger partial charge in [0.15, 0.2) is 0 Å². The second-order valence-electron chi connectivity index (χ2n) is 6.29. The number of hydrogen-bond acceptors (Lipinski definition) is 4. The van der Waals surface area contributed by atoms with Crippen LogP contribution >= 0.6 is 0 Å². The summed E-state index contributed by atoms with van der Waals surface area (Å²) >= 11 is 0. The number of carbonyl (C=O) groups is 2. The van der Waals surface area contributed by atoms with Crippen LogP contribution in [-0.4, -0.2) is 25.2 Å². The summed E-state index contributed by atoms with van der Waals surface area (Å²) in [5, 5.41) is 0. The molecule has 0 spiro atoms. The Bertz CT molecular complexity index is 361. The highest BCUT2D eigenvalue weighted by Crippen LogP contribution is 2.04. The third-order valence-electron chi connectivity index (χ3n) is 3.89. The highest BCUT2D eigenvalue weighted by Gasteiger charge is 2.11. The van der Waals surface area contributed by atoms with Gasteiger partial charge in [0.25, 0.3) is 0 Å². The lowest BCUT2D eigenvalue weighted by atomic mass is 10.1. The molecule has 0 rings (SSSR count). The summed E-state index contributed by atoms with van der Waals surface area (Å²) in [5.74, 6) is -0.0786. The predicted octanol–water partition coefficient (Wildman–Crippen LogP) is 5.86. The average Bonchev–Trinajstić information content (AvgIpc) is 2.66. The Morgan fingerprint density at radius 3 is 1.31 bits per heavy atom. The molecule has 0 aliphatic heterocycles. The van der Waals surface area contributed by atoms with Crippen molar-refractivity contribution in [2.45, 2.75) is 80.1 Å². The molecule has 0 radical (unpaired) electrons. The molecule has 26 heavy (non-hydrogen) atoms. The van der Waals surface area contributed by atoms with Gasteiger partial charge in [-0.1, -0.05) is 65.8 Å². The van der Waals surface area contributed by atoms with Crippen molar-refractivity contribution in [3.63, 3.8) is 0 Å². The van der Waals surface area contributed by atoms with Gasteiger partial charge in [-0.05, 0) is 38.5 Å². The van der Waals surface area contributed by atoms with Gasteiger partial charge in [0.2, 0.25) is 0 Å². The third-order valence-corrected chi connectivity index (χ3v) is 3.89. The van der Waals surface area contributed by atoms with Gasteiger partial charge in [-0.3, -0.25) is 9.59 Å². The van der Waals surface area contributed by atoms with Gasteiger partial charge in [-0.2, -0.15) is 0 Å². The molecule has 152 valence electrons. The van der Waals surface area contributed by atoms with E-state index in [9.17, 15) is 9.59 Å². The van der Waals surface area contributed by atoms with Crippen LogP contribution in [0.4, 0.5) is 0 Å². The fourth-order valence-electron chi connectivity index (χ4n) is 1.64. The van der Waals surface area contributed by atoms with Crippen molar-refractivity contribution in [1.29, 1.82) is 0 Å². The van der Waals surface area contributed by atoms with E-state index in [2.05, 4.69) is 26.0 Å². The van der Waals surface area contributed by atoms with E-state index in [0.29, 0.717) is 13.2 Å². The van der Waals surface area contributed by atoms with Gasteiger partial charge >= 0.3 is 11.9 Å². The molecule has 0 aliphatic carbocycles. The minimum atomic E-state index is -0.0765. The maximum Gasteiger partial charge on any atom is 0.308 e. The van der Waals surface area contributed by atoms with Crippen molar-refractivity contribution < 1.29 is 19.1 Å². The minimum absolute atomic E-state index is 0.0372. The maximum absolute atomic E-state index is 11.2. The number of carbonyl (C=O) groups excluding carboxylic acids is 2. The highest BCUT2D eigenvalue weighted by molar-refractivity contribution is 5.72. The second-order valence-corrected chi connectivity index (χ2v) is 6.29. The first kappa shape index (κ1) is 26.6. The Hall–Kier alpha value is -1.58. The molecule has 0 aromatic carbocycles. The van der Waals surface area contributed by atoms with E-state index in [1.54, 1.807) is 0 Å². The van der Waals surface area contributed by atoms with Crippen molar-refractivity contribution in [1.82, 2.24) is 0 Å². The number of rotatable bonds is 12. The standard InChI is InChI=1S/2C11H20O2/c2*1-4-6-7-8-9-13-11(12)10(3)5-2/h2*6-7,10H,4-5,8-9H2,1-3H3/b7-6-;. The summed E-state index contributed by atoms with van der Waals surface area (Å²) in [4.78, 5) is 22.3. The summed E-state index contributed by atoms with van der Waals surface area (Å²) in [6, 6.07) is 0. The van der Waals surface area contributed by atoms with Crippen LogP contribution in [0.1, 0.15) is 80.1 Å². The lowest BCUT2D eigenvalue weighted by Crippen LogP contribution is -2.14. The van der Waals surface area contributed by atoms with Crippen molar-refractivity contribution >= 4 is 11.9 Å². The van der Waals surface area contributed by atoms with Crippen molar-refractivity contribution in [2.24, 2.45) is 11.8 Å². The van der Waals surface area contributed by atoms with Crippen LogP contribution in [0, 0.1) is 11.8 Å². The first-order chi connectivity index (χ1) is 12.4. The molecule has 0 bridgehead atoms. The zero-order chi connectivity index (χ0) is 20.2. The Kier molecular flexibility index (Phi) is 20.2. The van der Waals surface area contributed by atoms with Crippen molar-refractivity contribution in [2.75, 3.05) is 13.2 Å². The summed E-state index contributed by atoms with van der Waals surface area (Å²) in [6.07, 6.45) is 13.7. The summed E-state index contributed by atoms with van der Waals surface area (Å²) in [6.45, 7) is 13.0. The van der Waals surface area contributed by atoms with E-state index >= 15 is 0 Å². The molecular weight excluding hydrogens is 328 g/mol. The van der Waals surface area contributed by atoms with E-state index in [1.807, 2.05) is 39.8 Å². The molecule has 0 aliphatic rings. The number of ether oxygens (including phenoxy) is 2. The van der Waals surface area contributed by atoms with Crippen LogP contribution < -0.4 is 0 Å². The number of hydrogen-bond donors (Lipinski definition) is 0. The molecule has 0 aromatic rings. The molecule has 4 heteroatoms. The Morgan fingerprint density at radius 1 is 0.692 bits per heavy atom. The molecule has 4 nitrogen and oxygen atoms in total. The molecule has 0 N–H and O–H groups in total. The van der Waals surface area contributed by atoms with Gasteiger partial charge in [-0.15, -0.1) is 0 Å². The molecule has 2 unspecified atom stereocenters. The number of allylic oxidation sites excluding steroid dienone is 2. The molecule has 0 fully saturated rings. The van der Waals surface area contributed by atoms with Crippen molar-refractivity contribution in [3.8, 4) is 0 Å². The molecule has 0 heterocycles. The molecule has 0 saturated heterocycles. The zero-order valence-electron chi connectivity index (χ0n) is 17.8. The Morgan fingerprint density at radius 2 is 1.04 bits per heavy atom. The molecule has 0 aromatic heterocycles. The van der Waals surface area contributed by atoms with E-state index in [4.69, 9.17) is 9.47 Å². The van der Waals surface area contributed by atoms with Crippen LogP contribution in [0.3, 0.4) is 0 Å². The molecular formula is C22H40O4.